The molecule has 0 aliphatic carbocycles. The molecule has 1 saturated heterocycles. The number of nitrogens with zero attached hydrogens (tertiary/aromatic N) is 2. The summed E-state index contributed by atoms with van der Waals surface area (Å²) in [5, 5.41) is 0. The van der Waals surface area contributed by atoms with Gasteiger partial charge in [0.25, 0.3) is 0 Å². The van der Waals surface area contributed by atoms with Crippen LogP contribution < -0.4 is 0 Å². The van der Waals surface area contributed by atoms with Crippen molar-refractivity contribution < 1.29 is 17.6 Å². The normalized spacial score (nSPS) is 16.5. The molecule has 0 saturated carbocycles. The predicted octanol–water partition coefficient (Wildman–Crippen LogP) is 3.57. The van der Waals surface area contributed by atoms with Crippen LogP contribution in [-0.4, -0.2) is 36.0 Å². The first-order valence-corrected chi connectivity index (χ1v) is 7.73. The van der Waals surface area contributed by atoms with Gasteiger partial charge >= 0.3 is 0 Å². The van der Waals surface area contributed by atoms with E-state index in [1.54, 1.807) is 12.6 Å². The van der Waals surface area contributed by atoms with E-state index in [1.165, 1.54) is 18.2 Å². The Morgan fingerprint density at radius 2 is 1.42 bits per heavy atom. The van der Waals surface area contributed by atoms with Crippen LogP contribution in [0.15, 0.2) is 36.4 Å². The summed E-state index contributed by atoms with van der Waals surface area (Å²) in [6.45, 7) is 4.39. The van der Waals surface area contributed by atoms with Gasteiger partial charge in [0.15, 0.2) is 23.3 Å². The van der Waals surface area contributed by atoms with Crippen molar-refractivity contribution in [3.63, 3.8) is 0 Å². The maximum absolute atomic E-state index is 13.7. The molecule has 0 aromatic heterocycles. The van der Waals surface area contributed by atoms with Crippen LogP contribution in [0.2, 0.25) is 0 Å². The Balaban J connectivity index is 1.56. The van der Waals surface area contributed by atoms with Crippen molar-refractivity contribution in [2.45, 2.75) is 6.54 Å². The van der Waals surface area contributed by atoms with E-state index in [4.69, 9.17) is 0 Å². The summed E-state index contributed by atoms with van der Waals surface area (Å²) in [5.41, 5.74) is 0.531. The van der Waals surface area contributed by atoms with Gasteiger partial charge in [-0.25, -0.2) is 17.6 Å². The lowest BCUT2D eigenvalue weighted by Gasteiger charge is -2.34. The molecule has 6 heteroatoms. The van der Waals surface area contributed by atoms with Gasteiger partial charge in [-0.2, -0.15) is 0 Å². The van der Waals surface area contributed by atoms with Gasteiger partial charge in [-0.15, -0.1) is 0 Å². The second-order valence-corrected chi connectivity index (χ2v) is 5.80. The predicted molar refractivity (Wildman–Crippen MR) is 83.0 cm³/mol. The van der Waals surface area contributed by atoms with E-state index in [2.05, 4.69) is 0 Å². The van der Waals surface area contributed by atoms with Gasteiger partial charge in [-0.1, -0.05) is 24.3 Å². The fraction of sp³-hybridized carbons (Fsp3) is 0.278. The summed E-state index contributed by atoms with van der Waals surface area (Å²) < 4.78 is 53.8. The highest BCUT2D eigenvalue weighted by Crippen LogP contribution is 2.18. The Labute approximate surface area is 138 Å². The monoisotopic (exact) mass is 337 g/mol. The zero-order valence-electron chi connectivity index (χ0n) is 13.0. The van der Waals surface area contributed by atoms with E-state index in [-0.39, 0.29) is 5.56 Å². The van der Waals surface area contributed by atoms with E-state index in [0.29, 0.717) is 38.3 Å². The van der Waals surface area contributed by atoms with Crippen molar-refractivity contribution in [3.05, 3.63) is 77.3 Å². The lowest BCUT2D eigenvalue weighted by Crippen LogP contribution is -2.44. The quantitative estimate of drug-likeness (QED) is 0.787. The van der Waals surface area contributed by atoms with Crippen LogP contribution in [0.4, 0.5) is 17.6 Å². The number of benzene rings is 2. The molecule has 1 heterocycles. The van der Waals surface area contributed by atoms with Gasteiger partial charge in [0, 0.05) is 43.9 Å². The summed E-state index contributed by atoms with van der Waals surface area (Å²) in [5.74, 6) is -3.39. The molecule has 0 atom stereocenters. The molecule has 24 heavy (non-hydrogen) atoms. The van der Waals surface area contributed by atoms with E-state index in [9.17, 15) is 17.6 Å². The van der Waals surface area contributed by atoms with Gasteiger partial charge in [0.2, 0.25) is 0 Å². The molecule has 2 nitrogen and oxygen atoms in total. The molecule has 2 aromatic carbocycles. The fourth-order valence-electron chi connectivity index (χ4n) is 2.78. The van der Waals surface area contributed by atoms with Crippen LogP contribution in [0.25, 0.3) is 0 Å². The zero-order chi connectivity index (χ0) is 17.1. The van der Waals surface area contributed by atoms with Crippen LogP contribution in [0.5, 0.6) is 0 Å². The SMILES string of the molecule is Fc1cccc([CH]N2CCN(Cc3cccc(F)c3F)CC2)c1F. The third-order valence-electron chi connectivity index (χ3n) is 4.14. The summed E-state index contributed by atoms with van der Waals surface area (Å²) in [6, 6.07) is 8.22. The summed E-state index contributed by atoms with van der Waals surface area (Å²) in [7, 11) is 0. The molecule has 1 aliphatic heterocycles. The second kappa shape index (κ2) is 7.32. The molecule has 0 bridgehead atoms. The highest BCUT2D eigenvalue weighted by Gasteiger charge is 2.20. The fourth-order valence-corrected chi connectivity index (χ4v) is 2.78. The van der Waals surface area contributed by atoms with Gasteiger partial charge in [0.1, 0.15) is 0 Å². The topological polar surface area (TPSA) is 6.48 Å². The van der Waals surface area contributed by atoms with Crippen LogP contribution in [0, 0.1) is 29.8 Å². The highest BCUT2D eigenvalue weighted by molar-refractivity contribution is 5.25. The van der Waals surface area contributed by atoms with E-state index in [1.807, 2.05) is 9.80 Å². The first kappa shape index (κ1) is 16.9. The van der Waals surface area contributed by atoms with Gasteiger partial charge < -0.3 is 0 Å². The van der Waals surface area contributed by atoms with Gasteiger partial charge in [-0.3, -0.25) is 9.80 Å². The van der Waals surface area contributed by atoms with Crippen molar-refractivity contribution in [2.75, 3.05) is 26.2 Å². The lowest BCUT2D eigenvalue weighted by atomic mass is 10.1. The minimum Gasteiger partial charge on any atom is -0.296 e. The average Bonchev–Trinajstić information content (AvgIpc) is 2.58. The number of piperazine rings is 1. The molecule has 3 rings (SSSR count). The molecular weight excluding hydrogens is 320 g/mol. The standard InChI is InChI=1S/C18H17F4N2/c19-15-5-1-3-13(17(15)21)11-23-7-9-24(10-8-23)12-14-4-2-6-16(20)18(14)22/h1-6,11H,7-10,12H2. The van der Waals surface area contributed by atoms with Crippen LogP contribution in [0.1, 0.15) is 11.1 Å². The molecule has 0 unspecified atom stereocenters. The van der Waals surface area contributed by atoms with Crippen LogP contribution >= 0.6 is 0 Å². The Kier molecular flexibility index (Phi) is 5.16. The van der Waals surface area contributed by atoms with Crippen molar-refractivity contribution in [2.24, 2.45) is 0 Å². The summed E-state index contributed by atoms with van der Waals surface area (Å²) in [4.78, 5) is 3.90. The third-order valence-corrected chi connectivity index (χ3v) is 4.14. The van der Waals surface area contributed by atoms with Gasteiger partial charge in [-0.05, 0) is 12.1 Å². The van der Waals surface area contributed by atoms with E-state index >= 15 is 0 Å². The van der Waals surface area contributed by atoms with E-state index in [0.717, 1.165) is 12.1 Å². The number of hydrogen-bond acceptors (Lipinski definition) is 2. The molecule has 2 aromatic rings. The molecule has 0 spiro atoms. The maximum Gasteiger partial charge on any atom is 0.163 e. The number of halogens is 4. The number of rotatable bonds is 4. The smallest absolute Gasteiger partial charge is 0.163 e. The minimum absolute atomic E-state index is 0.208. The summed E-state index contributed by atoms with van der Waals surface area (Å²) in [6.07, 6.45) is 0. The maximum atomic E-state index is 13.7. The largest absolute Gasteiger partial charge is 0.296 e. The molecule has 1 radical (unpaired) electrons. The Bertz CT molecular complexity index is 651. The third kappa shape index (κ3) is 3.76. The minimum atomic E-state index is -0.871. The van der Waals surface area contributed by atoms with Crippen LogP contribution in [0.3, 0.4) is 0 Å². The lowest BCUT2D eigenvalue weighted by molar-refractivity contribution is 0.150. The Morgan fingerprint density at radius 1 is 0.792 bits per heavy atom. The first-order chi connectivity index (χ1) is 11.5. The average molecular weight is 337 g/mol. The molecule has 1 aliphatic rings. The zero-order valence-corrected chi connectivity index (χ0v) is 13.0. The summed E-state index contributed by atoms with van der Waals surface area (Å²) >= 11 is 0. The molecular formula is C18H17F4N2. The number of hydrogen-bond donors (Lipinski definition) is 0. The van der Waals surface area contributed by atoms with Gasteiger partial charge in [0.05, 0.1) is 6.54 Å². The van der Waals surface area contributed by atoms with Crippen molar-refractivity contribution in [1.82, 2.24) is 9.80 Å². The Hall–Kier alpha value is -1.92. The van der Waals surface area contributed by atoms with Crippen LogP contribution in [-0.2, 0) is 6.54 Å². The van der Waals surface area contributed by atoms with Crippen molar-refractivity contribution in [3.8, 4) is 0 Å². The Morgan fingerprint density at radius 3 is 2.12 bits per heavy atom. The molecule has 0 N–H and O–H groups in total. The second-order valence-electron chi connectivity index (χ2n) is 5.80. The highest BCUT2D eigenvalue weighted by atomic mass is 19.2. The van der Waals surface area contributed by atoms with Crippen molar-refractivity contribution in [1.29, 1.82) is 0 Å². The molecule has 127 valence electrons. The molecule has 0 amide bonds. The van der Waals surface area contributed by atoms with Crippen molar-refractivity contribution >= 4 is 0 Å². The molecule has 1 fully saturated rings. The first-order valence-electron chi connectivity index (χ1n) is 7.73. The van der Waals surface area contributed by atoms with E-state index < -0.39 is 23.3 Å².